The molecular formula is C9H6BrN3O. The van der Waals surface area contributed by atoms with E-state index in [1.165, 1.54) is 0 Å². The molecule has 0 bridgehead atoms. The van der Waals surface area contributed by atoms with Gasteiger partial charge < -0.3 is 4.74 Å². The molecule has 0 amide bonds. The smallest absolute Gasteiger partial charge is 0.321 e. The van der Waals surface area contributed by atoms with E-state index in [1.807, 2.05) is 24.3 Å². The summed E-state index contributed by atoms with van der Waals surface area (Å²) in [5.41, 5.74) is 1.12. The molecule has 3 rings (SSSR count). The minimum atomic E-state index is 0.538. The summed E-state index contributed by atoms with van der Waals surface area (Å²) in [6.07, 6.45) is 0. The maximum Gasteiger partial charge on any atom is 0.321 e. The average Bonchev–Trinajstić information content (AvgIpc) is 2.53. The zero-order valence-electron chi connectivity index (χ0n) is 7.14. The van der Waals surface area contributed by atoms with E-state index in [0.717, 1.165) is 11.3 Å². The molecule has 0 saturated heterocycles. The van der Waals surface area contributed by atoms with E-state index >= 15 is 0 Å². The quantitative estimate of drug-likeness (QED) is 0.615. The first kappa shape index (κ1) is 7.99. The van der Waals surface area contributed by atoms with Gasteiger partial charge in [0.25, 0.3) is 0 Å². The van der Waals surface area contributed by atoms with Crippen LogP contribution in [-0.2, 0) is 6.54 Å². The summed E-state index contributed by atoms with van der Waals surface area (Å²) in [4.78, 5) is 4.10. The second-order valence-electron chi connectivity index (χ2n) is 3.03. The van der Waals surface area contributed by atoms with Gasteiger partial charge in [-0.15, -0.1) is 5.10 Å². The minimum Gasteiger partial charge on any atom is -0.424 e. The maximum atomic E-state index is 5.56. The highest BCUT2D eigenvalue weighted by Crippen LogP contribution is 2.30. The lowest BCUT2D eigenvalue weighted by Crippen LogP contribution is -2.10. The normalized spacial score (nSPS) is 12.9. The van der Waals surface area contributed by atoms with Crippen molar-refractivity contribution in [3.63, 3.8) is 0 Å². The third kappa shape index (κ3) is 1.13. The Morgan fingerprint density at radius 3 is 3.14 bits per heavy atom. The molecule has 1 aromatic carbocycles. The SMILES string of the molecule is Brc1nc2n(n1)Cc1ccccc1O2. The Balaban J connectivity index is 2.12. The lowest BCUT2D eigenvalue weighted by molar-refractivity contribution is 0.375. The van der Waals surface area contributed by atoms with Crippen LogP contribution in [0.5, 0.6) is 11.8 Å². The largest absolute Gasteiger partial charge is 0.424 e. The standard InChI is InChI=1S/C9H6BrN3O/c10-8-11-9-13(12-8)5-6-3-1-2-4-7(6)14-9/h1-4H,5H2. The van der Waals surface area contributed by atoms with Gasteiger partial charge >= 0.3 is 6.01 Å². The van der Waals surface area contributed by atoms with Crippen molar-refractivity contribution in [3.8, 4) is 11.8 Å². The van der Waals surface area contributed by atoms with Crippen molar-refractivity contribution < 1.29 is 4.74 Å². The lowest BCUT2D eigenvalue weighted by Gasteiger charge is -2.15. The van der Waals surface area contributed by atoms with Crippen molar-refractivity contribution in [2.45, 2.75) is 6.54 Å². The van der Waals surface area contributed by atoms with Crippen LogP contribution in [0.4, 0.5) is 0 Å². The van der Waals surface area contributed by atoms with Gasteiger partial charge in [-0.25, -0.2) is 4.68 Å². The van der Waals surface area contributed by atoms with Crippen LogP contribution in [0.1, 0.15) is 5.56 Å². The topological polar surface area (TPSA) is 39.9 Å². The van der Waals surface area contributed by atoms with Crippen LogP contribution in [0.15, 0.2) is 29.0 Å². The predicted molar refractivity (Wildman–Crippen MR) is 53.3 cm³/mol. The third-order valence-corrected chi connectivity index (χ3v) is 2.44. The molecule has 0 spiro atoms. The fourth-order valence-corrected chi connectivity index (χ4v) is 1.82. The molecule has 2 heterocycles. The molecule has 1 aliphatic rings. The molecule has 4 nitrogen and oxygen atoms in total. The van der Waals surface area contributed by atoms with Gasteiger partial charge in [-0.3, -0.25) is 0 Å². The Morgan fingerprint density at radius 1 is 1.36 bits per heavy atom. The van der Waals surface area contributed by atoms with E-state index in [1.54, 1.807) is 4.68 Å². The number of ether oxygens (including phenoxy) is 1. The van der Waals surface area contributed by atoms with E-state index < -0.39 is 0 Å². The molecule has 0 unspecified atom stereocenters. The number of fused-ring (bicyclic) bond motifs is 2. The molecule has 0 N–H and O–H groups in total. The Morgan fingerprint density at radius 2 is 2.21 bits per heavy atom. The number of aromatic nitrogens is 3. The Kier molecular flexibility index (Phi) is 1.61. The summed E-state index contributed by atoms with van der Waals surface area (Å²) in [5, 5.41) is 4.15. The van der Waals surface area contributed by atoms with Crippen LogP contribution in [0, 0.1) is 0 Å². The monoisotopic (exact) mass is 251 g/mol. The number of benzene rings is 1. The number of hydrogen-bond donors (Lipinski definition) is 0. The van der Waals surface area contributed by atoms with Crippen molar-refractivity contribution in [3.05, 3.63) is 34.6 Å². The van der Waals surface area contributed by atoms with Crippen molar-refractivity contribution in [2.75, 3.05) is 0 Å². The van der Waals surface area contributed by atoms with Crippen molar-refractivity contribution in [2.24, 2.45) is 0 Å². The minimum absolute atomic E-state index is 0.538. The predicted octanol–water partition coefficient (Wildman–Crippen LogP) is 2.19. The van der Waals surface area contributed by atoms with Gasteiger partial charge in [-0.1, -0.05) is 18.2 Å². The first-order valence-electron chi connectivity index (χ1n) is 4.19. The van der Waals surface area contributed by atoms with Gasteiger partial charge in [0, 0.05) is 5.56 Å². The first-order chi connectivity index (χ1) is 6.83. The molecule has 1 aliphatic heterocycles. The highest BCUT2D eigenvalue weighted by atomic mass is 79.9. The molecule has 0 atom stereocenters. The van der Waals surface area contributed by atoms with Gasteiger partial charge in [-0.05, 0) is 22.0 Å². The van der Waals surface area contributed by atoms with Crippen molar-refractivity contribution in [1.82, 2.24) is 14.8 Å². The van der Waals surface area contributed by atoms with E-state index in [2.05, 4.69) is 26.0 Å². The van der Waals surface area contributed by atoms with Crippen LogP contribution in [0.2, 0.25) is 0 Å². The van der Waals surface area contributed by atoms with E-state index in [0.29, 0.717) is 17.3 Å². The summed E-state index contributed by atoms with van der Waals surface area (Å²) >= 11 is 3.21. The zero-order valence-corrected chi connectivity index (χ0v) is 8.73. The van der Waals surface area contributed by atoms with Crippen LogP contribution < -0.4 is 4.74 Å². The Hall–Kier alpha value is -1.36. The molecule has 2 aromatic rings. The maximum absolute atomic E-state index is 5.56. The van der Waals surface area contributed by atoms with Crippen molar-refractivity contribution >= 4 is 15.9 Å². The summed E-state index contributed by atoms with van der Waals surface area (Å²) in [6, 6.07) is 8.42. The van der Waals surface area contributed by atoms with E-state index in [4.69, 9.17) is 4.74 Å². The van der Waals surface area contributed by atoms with Crippen LogP contribution in [0.3, 0.4) is 0 Å². The third-order valence-electron chi connectivity index (χ3n) is 2.11. The van der Waals surface area contributed by atoms with E-state index in [9.17, 15) is 0 Å². The number of halogens is 1. The van der Waals surface area contributed by atoms with Gasteiger partial charge in [0.05, 0.1) is 6.54 Å². The van der Waals surface area contributed by atoms with Gasteiger partial charge in [0.1, 0.15) is 5.75 Å². The molecule has 0 radical (unpaired) electrons. The Bertz CT molecular complexity index is 452. The average molecular weight is 252 g/mol. The zero-order chi connectivity index (χ0) is 9.54. The second-order valence-corrected chi connectivity index (χ2v) is 3.74. The highest BCUT2D eigenvalue weighted by Gasteiger charge is 2.18. The first-order valence-corrected chi connectivity index (χ1v) is 4.98. The molecule has 0 aliphatic carbocycles. The molecule has 5 heteroatoms. The lowest BCUT2D eigenvalue weighted by atomic mass is 10.2. The molecule has 70 valence electrons. The Labute approximate surface area is 88.7 Å². The number of nitrogens with zero attached hydrogens (tertiary/aromatic N) is 3. The van der Waals surface area contributed by atoms with Crippen LogP contribution in [0.25, 0.3) is 0 Å². The fourth-order valence-electron chi connectivity index (χ4n) is 1.47. The highest BCUT2D eigenvalue weighted by molar-refractivity contribution is 9.10. The van der Waals surface area contributed by atoms with Gasteiger partial charge in [0.15, 0.2) is 0 Å². The summed E-state index contributed by atoms with van der Waals surface area (Å²) < 4.78 is 7.84. The fraction of sp³-hybridized carbons (Fsp3) is 0.111. The summed E-state index contributed by atoms with van der Waals surface area (Å²) in [6.45, 7) is 0.712. The van der Waals surface area contributed by atoms with Crippen LogP contribution >= 0.6 is 15.9 Å². The van der Waals surface area contributed by atoms with Crippen molar-refractivity contribution in [1.29, 1.82) is 0 Å². The number of hydrogen-bond acceptors (Lipinski definition) is 3. The second kappa shape index (κ2) is 2.81. The van der Waals surface area contributed by atoms with Gasteiger partial charge in [0.2, 0.25) is 4.73 Å². The van der Waals surface area contributed by atoms with E-state index in [-0.39, 0.29) is 0 Å². The molecule has 0 saturated carbocycles. The van der Waals surface area contributed by atoms with Gasteiger partial charge in [-0.2, -0.15) is 4.98 Å². The molecule has 1 aromatic heterocycles. The molecule has 14 heavy (non-hydrogen) atoms. The number of rotatable bonds is 0. The molecule has 0 fully saturated rings. The summed E-state index contributed by atoms with van der Waals surface area (Å²) in [7, 11) is 0. The summed E-state index contributed by atoms with van der Waals surface area (Å²) in [5.74, 6) is 0.861. The number of para-hydroxylation sites is 1. The molecular weight excluding hydrogens is 246 g/mol. The van der Waals surface area contributed by atoms with Crippen LogP contribution in [-0.4, -0.2) is 14.8 Å².